The first-order valence-electron chi connectivity index (χ1n) is 8.92. The van der Waals surface area contributed by atoms with Crippen molar-refractivity contribution >= 4 is 22.9 Å². The van der Waals surface area contributed by atoms with Gasteiger partial charge in [0.2, 0.25) is 0 Å². The summed E-state index contributed by atoms with van der Waals surface area (Å²) in [5, 5.41) is 0. The van der Waals surface area contributed by atoms with E-state index < -0.39 is 0 Å². The molecule has 3 aliphatic heterocycles. The minimum Gasteiger partial charge on any atom is -0.369 e. The molecule has 0 aromatic carbocycles. The van der Waals surface area contributed by atoms with Gasteiger partial charge in [-0.1, -0.05) is 11.6 Å². The first-order valence-corrected chi connectivity index (χ1v) is 10.1. The van der Waals surface area contributed by atoms with Crippen molar-refractivity contribution in [3.05, 3.63) is 38.6 Å². The van der Waals surface area contributed by atoms with Crippen LogP contribution in [0, 0.1) is 0 Å². The number of imidazole rings is 1. The Morgan fingerprint density at radius 3 is 2.96 bits per heavy atom. The van der Waals surface area contributed by atoms with Gasteiger partial charge in [0.25, 0.3) is 0 Å². The van der Waals surface area contributed by atoms with Gasteiger partial charge in [-0.2, -0.15) is 0 Å². The van der Waals surface area contributed by atoms with Crippen molar-refractivity contribution in [2.75, 3.05) is 19.7 Å². The van der Waals surface area contributed by atoms with Crippen molar-refractivity contribution in [3.63, 3.8) is 0 Å². The lowest BCUT2D eigenvalue weighted by Gasteiger charge is -2.43. The molecular weight excluding hydrogens is 342 g/mol. The lowest BCUT2D eigenvalue weighted by molar-refractivity contribution is -0.0961. The third kappa shape index (κ3) is 2.53. The molecule has 128 valence electrons. The van der Waals surface area contributed by atoms with Crippen LogP contribution in [-0.2, 0) is 36.3 Å². The minimum absolute atomic E-state index is 0.0855. The standard InChI is InChI=1S/C18H22ClN3OS/c19-15-10-13-3-9-23-18(17(13)24-15)4-7-21(8-5-18)11-14-12-22-6-1-2-16(22)20-14/h10,12H,1-9,11H2. The number of aryl methyl sites for hydroxylation is 2. The van der Waals surface area contributed by atoms with Gasteiger partial charge in [-0.3, -0.25) is 4.90 Å². The first-order chi connectivity index (χ1) is 11.7. The van der Waals surface area contributed by atoms with Gasteiger partial charge < -0.3 is 9.30 Å². The fourth-order valence-electron chi connectivity index (χ4n) is 4.45. The Kier molecular flexibility index (Phi) is 3.74. The first kappa shape index (κ1) is 15.4. The number of hydrogen-bond donors (Lipinski definition) is 0. The van der Waals surface area contributed by atoms with Gasteiger partial charge in [0.15, 0.2) is 0 Å². The fourth-order valence-corrected chi connectivity index (χ4v) is 5.95. The van der Waals surface area contributed by atoms with E-state index in [0.29, 0.717) is 0 Å². The molecule has 1 saturated heterocycles. The monoisotopic (exact) mass is 363 g/mol. The summed E-state index contributed by atoms with van der Waals surface area (Å²) in [6, 6.07) is 2.14. The van der Waals surface area contributed by atoms with Crippen molar-refractivity contribution in [2.24, 2.45) is 0 Å². The van der Waals surface area contributed by atoms with Crippen LogP contribution in [0.4, 0.5) is 0 Å². The van der Waals surface area contributed by atoms with Crippen molar-refractivity contribution in [3.8, 4) is 0 Å². The number of ether oxygens (including phenoxy) is 1. The summed E-state index contributed by atoms with van der Waals surface area (Å²) in [5.74, 6) is 1.27. The average molecular weight is 364 g/mol. The van der Waals surface area contributed by atoms with E-state index in [1.807, 2.05) is 0 Å². The van der Waals surface area contributed by atoms with Crippen LogP contribution >= 0.6 is 22.9 Å². The van der Waals surface area contributed by atoms with Crippen LogP contribution in [0.3, 0.4) is 0 Å². The number of halogens is 1. The van der Waals surface area contributed by atoms with Crippen molar-refractivity contribution in [2.45, 2.75) is 50.8 Å². The Morgan fingerprint density at radius 2 is 2.12 bits per heavy atom. The molecule has 0 amide bonds. The molecule has 0 N–H and O–H groups in total. The number of likely N-dealkylation sites (tertiary alicyclic amines) is 1. The van der Waals surface area contributed by atoms with Crippen LogP contribution in [0.5, 0.6) is 0 Å². The summed E-state index contributed by atoms with van der Waals surface area (Å²) in [6.07, 6.45) is 7.76. The maximum atomic E-state index is 6.30. The third-order valence-electron chi connectivity index (χ3n) is 5.70. The molecular formula is C18H22ClN3OS. The van der Waals surface area contributed by atoms with Crippen LogP contribution in [-0.4, -0.2) is 34.1 Å². The second-order valence-corrected chi connectivity index (χ2v) is 8.90. The van der Waals surface area contributed by atoms with Gasteiger partial charge >= 0.3 is 0 Å². The Balaban J connectivity index is 1.29. The van der Waals surface area contributed by atoms with E-state index >= 15 is 0 Å². The number of fused-ring (bicyclic) bond motifs is 3. The van der Waals surface area contributed by atoms with E-state index in [4.69, 9.17) is 21.3 Å². The highest BCUT2D eigenvalue weighted by molar-refractivity contribution is 7.16. The molecule has 2 aromatic heterocycles. The summed E-state index contributed by atoms with van der Waals surface area (Å²) < 4.78 is 9.53. The molecule has 0 bridgehead atoms. The molecule has 0 unspecified atom stereocenters. The molecule has 1 spiro atoms. The third-order valence-corrected chi connectivity index (χ3v) is 7.19. The Labute approximate surface area is 151 Å². The molecule has 0 aliphatic carbocycles. The molecule has 5 heterocycles. The number of piperidine rings is 1. The highest BCUT2D eigenvalue weighted by atomic mass is 35.5. The smallest absolute Gasteiger partial charge is 0.109 e. The lowest BCUT2D eigenvalue weighted by atomic mass is 9.85. The van der Waals surface area contributed by atoms with E-state index in [1.54, 1.807) is 11.3 Å². The molecule has 5 rings (SSSR count). The zero-order chi connectivity index (χ0) is 16.1. The summed E-state index contributed by atoms with van der Waals surface area (Å²) in [4.78, 5) is 8.72. The molecule has 1 fully saturated rings. The van der Waals surface area contributed by atoms with Gasteiger partial charge in [0, 0.05) is 43.7 Å². The molecule has 0 radical (unpaired) electrons. The predicted octanol–water partition coefficient (Wildman–Crippen LogP) is 3.61. The fraction of sp³-hybridized carbons (Fsp3) is 0.611. The number of thiophene rings is 1. The van der Waals surface area contributed by atoms with Crippen molar-refractivity contribution in [1.29, 1.82) is 0 Å². The second-order valence-electron chi connectivity index (χ2n) is 7.22. The summed E-state index contributed by atoms with van der Waals surface area (Å²) in [6.45, 7) is 5.07. The van der Waals surface area contributed by atoms with Crippen molar-refractivity contribution < 1.29 is 4.74 Å². The zero-order valence-corrected chi connectivity index (χ0v) is 15.3. The zero-order valence-electron chi connectivity index (χ0n) is 13.8. The SMILES string of the molecule is Clc1cc2c(s1)C1(CCN(Cc3cn4c(n3)CCC4)CC1)OCC2. The molecule has 0 saturated carbocycles. The maximum absolute atomic E-state index is 6.30. The maximum Gasteiger partial charge on any atom is 0.109 e. The van der Waals surface area contributed by atoms with E-state index in [2.05, 4.69) is 21.7 Å². The van der Waals surface area contributed by atoms with E-state index in [9.17, 15) is 0 Å². The molecule has 3 aliphatic rings. The lowest BCUT2D eigenvalue weighted by Crippen LogP contribution is -2.45. The summed E-state index contributed by atoms with van der Waals surface area (Å²) in [7, 11) is 0. The second kappa shape index (κ2) is 5.84. The highest BCUT2D eigenvalue weighted by Gasteiger charge is 2.42. The summed E-state index contributed by atoms with van der Waals surface area (Å²) >= 11 is 7.99. The van der Waals surface area contributed by atoms with E-state index in [0.717, 1.165) is 62.8 Å². The van der Waals surface area contributed by atoms with Crippen molar-refractivity contribution in [1.82, 2.24) is 14.5 Å². The molecule has 0 atom stereocenters. The predicted molar refractivity (Wildman–Crippen MR) is 95.7 cm³/mol. The number of rotatable bonds is 2. The normalized spacial score (nSPS) is 22.7. The van der Waals surface area contributed by atoms with Gasteiger partial charge in [0.1, 0.15) is 11.4 Å². The largest absolute Gasteiger partial charge is 0.369 e. The summed E-state index contributed by atoms with van der Waals surface area (Å²) in [5.41, 5.74) is 2.55. The van der Waals surface area contributed by atoms with Gasteiger partial charge in [-0.15, -0.1) is 11.3 Å². The van der Waals surface area contributed by atoms with Gasteiger partial charge in [-0.25, -0.2) is 4.98 Å². The van der Waals surface area contributed by atoms with Gasteiger partial charge in [0.05, 0.1) is 16.6 Å². The average Bonchev–Trinajstić information content (AvgIpc) is 3.24. The van der Waals surface area contributed by atoms with E-state index in [1.165, 1.54) is 28.4 Å². The number of hydrogen-bond acceptors (Lipinski definition) is 4. The van der Waals surface area contributed by atoms with E-state index in [-0.39, 0.29) is 5.60 Å². The minimum atomic E-state index is -0.0855. The van der Waals surface area contributed by atoms with Crippen LogP contribution < -0.4 is 0 Å². The molecule has 24 heavy (non-hydrogen) atoms. The number of nitrogens with zero attached hydrogens (tertiary/aromatic N) is 3. The van der Waals surface area contributed by atoms with Crippen LogP contribution in [0.15, 0.2) is 12.3 Å². The topological polar surface area (TPSA) is 30.3 Å². The highest BCUT2D eigenvalue weighted by Crippen LogP contribution is 2.46. The Bertz CT molecular complexity index is 739. The Hall–Kier alpha value is -0.880. The van der Waals surface area contributed by atoms with Crippen LogP contribution in [0.2, 0.25) is 4.34 Å². The van der Waals surface area contributed by atoms with Crippen LogP contribution in [0.25, 0.3) is 0 Å². The van der Waals surface area contributed by atoms with Gasteiger partial charge in [-0.05, 0) is 37.3 Å². The van der Waals surface area contributed by atoms with Crippen LogP contribution in [0.1, 0.15) is 41.2 Å². The molecule has 4 nitrogen and oxygen atoms in total. The molecule has 6 heteroatoms. The Morgan fingerprint density at radius 1 is 1.25 bits per heavy atom. The quantitative estimate of drug-likeness (QED) is 0.816. The number of aromatic nitrogens is 2. The molecule has 2 aromatic rings.